The Hall–Kier alpha value is -3.00. The molecule has 0 saturated heterocycles. The molecule has 0 aliphatic heterocycles. The average Bonchev–Trinajstić information content (AvgIpc) is 2.70. The molecule has 0 atom stereocenters. The molecule has 2 heterocycles. The Morgan fingerprint density at radius 1 is 1.04 bits per heavy atom. The summed E-state index contributed by atoms with van der Waals surface area (Å²) in [5, 5.41) is 3.50. The van der Waals surface area contributed by atoms with E-state index in [1.165, 1.54) is 0 Å². The molecule has 8 heteroatoms. The van der Waals surface area contributed by atoms with Crippen LogP contribution in [-0.2, 0) is 11.3 Å². The number of nitrogens with one attached hydrogen (secondary N) is 1. The normalized spacial score (nSPS) is 19.5. The Balaban J connectivity index is 1.37. The molecule has 1 aromatic carbocycles. The third-order valence-corrected chi connectivity index (χ3v) is 4.90. The molecule has 28 heavy (non-hydrogen) atoms. The molecule has 3 aromatic rings. The molecule has 2 aromatic heterocycles. The van der Waals surface area contributed by atoms with Crippen molar-refractivity contribution in [1.82, 2.24) is 19.9 Å². The van der Waals surface area contributed by atoms with E-state index < -0.39 is 0 Å². The molecule has 0 unspecified atom stereocenters. The molecule has 0 bridgehead atoms. The minimum atomic E-state index is 0.138. The summed E-state index contributed by atoms with van der Waals surface area (Å²) in [5.74, 6) is 1.54. The van der Waals surface area contributed by atoms with Crippen LogP contribution in [0, 0.1) is 0 Å². The predicted molar refractivity (Wildman–Crippen MR) is 107 cm³/mol. The largest absolute Gasteiger partial charge is 0.488 e. The first-order valence-electron chi connectivity index (χ1n) is 9.44. The van der Waals surface area contributed by atoms with Gasteiger partial charge in [-0.05, 0) is 31.7 Å². The lowest BCUT2D eigenvalue weighted by Crippen LogP contribution is -2.31. The van der Waals surface area contributed by atoms with Gasteiger partial charge in [-0.3, -0.25) is 4.98 Å². The molecular formula is C20H24N6O2. The van der Waals surface area contributed by atoms with Crippen LogP contribution in [0.4, 0.5) is 11.5 Å². The number of anilines is 2. The van der Waals surface area contributed by atoms with E-state index in [-0.39, 0.29) is 6.10 Å². The van der Waals surface area contributed by atoms with E-state index in [9.17, 15) is 0 Å². The zero-order valence-corrected chi connectivity index (χ0v) is 15.8. The second kappa shape index (κ2) is 8.35. The van der Waals surface area contributed by atoms with Gasteiger partial charge in [0.15, 0.2) is 0 Å². The highest BCUT2D eigenvalue weighted by Gasteiger charge is 2.23. The summed E-state index contributed by atoms with van der Waals surface area (Å²) in [6.45, 7) is 0.481. The van der Waals surface area contributed by atoms with E-state index in [1.807, 2.05) is 18.2 Å². The molecule has 1 saturated carbocycles. The summed E-state index contributed by atoms with van der Waals surface area (Å²) in [7, 11) is 1.66. The minimum absolute atomic E-state index is 0.138. The molecule has 3 N–H and O–H groups in total. The van der Waals surface area contributed by atoms with Crippen molar-refractivity contribution >= 4 is 22.5 Å². The maximum atomic E-state index is 6.25. The average molecular weight is 380 g/mol. The number of nitrogens with two attached hydrogens (primary N) is 1. The number of nitrogens with zero attached hydrogens (tertiary/aromatic N) is 4. The third-order valence-electron chi connectivity index (χ3n) is 4.90. The standard InChI is InChI=1S/C20H24N6O2/c1-27-11-15-10-19(25-12-24-15)26-14-2-4-16(5-3-14)28-18-9-13(21)8-17-20(18)23-7-6-22-17/h6-10,12,14,16H,2-5,11,21H2,1H3,(H,24,25,26). The van der Waals surface area contributed by atoms with Crippen LogP contribution in [0.1, 0.15) is 31.4 Å². The van der Waals surface area contributed by atoms with E-state index in [0.29, 0.717) is 24.1 Å². The van der Waals surface area contributed by atoms with Gasteiger partial charge in [0.05, 0.1) is 23.9 Å². The van der Waals surface area contributed by atoms with E-state index in [2.05, 4.69) is 25.3 Å². The smallest absolute Gasteiger partial charge is 0.149 e. The topological polar surface area (TPSA) is 108 Å². The first kappa shape index (κ1) is 18.4. The fraction of sp³-hybridized carbons (Fsp3) is 0.400. The van der Waals surface area contributed by atoms with Crippen LogP contribution in [0.15, 0.2) is 36.9 Å². The third kappa shape index (κ3) is 4.28. The van der Waals surface area contributed by atoms with Crippen LogP contribution in [-0.4, -0.2) is 39.2 Å². The summed E-state index contributed by atoms with van der Waals surface area (Å²) in [4.78, 5) is 17.2. The number of benzene rings is 1. The Morgan fingerprint density at radius 2 is 1.86 bits per heavy atom. The van der Waals surface area contributed by atoms with Gasteiger partial charge < -0.3 is 20.5 Å². The van der Waals surface area contributed by atoms with Crippen molar-refractivity contribution in [3.63, 3.8) is 0 Å². The summed E-state index contributed by atoms with van der Waals surface area (Å²) in [6.07, 6.45) is 8.94. The number of hydrogen-bond donors (Lipinski definition) is 2. The van der Waals surface area contributed by atoms with Gasteiger partial charge in [-0.15, -0.1) is 0 Å². The molecule has 0 radical (unpaired) electrons. The van der Waals surface area contributed by atoms with Crippen molar-refractivity contribution in [1.29, 1.82) is 0 Å². The quantitative estimate of drug-likeness (QED) is 0.629. The van der Waals surface area contributed by atoms with Gasteiger partial charge >= 0.3 is 0 Å². The summed E-state index contributed by atoms with van der Waals surface area (Å²) >= 11 is 0. The first-order valence-corrected chi connectivity index (χ1v) is 9.44. The number of nitrogen functional groups attached to an aromatic ring is 1. The van der Waals surface area contributed by atoms with Gasteiger partial charge in [0.2, 0.25) is 0 Å². The van der Waals surface area contributed by atoms with Crippen LogP contribution in [0.2, 0.25) is 0 Å². The van der Waals surface area contributed by atoms with Gasteiger partial charge in [-0.25, -0.2) is 15.0 Å². The van der Waals surface area contributed by atoms with Crippen LogP contribution in [0.3, 0.4) is 0 Å². The monoisotopic (exact) mass is 380 g/mol. The maximum absolute atomic E-state index is 6.25. The Labute approximate surface area is 163 Å². The maximum Gasteiger partial charge on any atom is 0.149 e. The molecule has 0 spiro atoms. The molecule has 8 nitrogen and oxygen atoms in total. The van der Waals surface area contributed by atoms with Crippen molar-refractivity contribution in [2.45, 2.75) is 44.4 Å². The zero-order chi connectivity index (χ0) is 19.3. The second-order valence-corrected chi connectivity index (χ2v) is 7.01. The number of rotatable bonds is 6. The lowest BCUT2D eigenvalue weighted by molar-refractivity contribution is 0.152. The minimum Gasteiger partial charge on any atom is -0.488 e. The number of methoxy groups -OCH3 is 1. The molecule has 1 aliphatic rings. The van der Waals surface area contributed by atoms with Gasteiger partial charge in [0, 0.05) is 43.4 Å². The van der Waals surface area contributed by atoms with Gasteiger partial charge in [-0.1, -0.05) is 0 Å². The Kier molecular flexibility index (Phi) is 5.48. The van der Waals surface area contributed by atoms with E-state index in [4.69, 9.17) is 15.2 Å². The van der Waals surface area contributed by atoms with Crippen LogP contribution >= 0.6 is 0 Å². The molecule has 1 fully saturated rings. The Morgan fingerprint density at radius 3 is 2.68 bits per heavy atom. The second-order valence-electron chi connectivity index (χ2n) is 7.01. The number of ether oxygens (including phenoxy) is 2. The highest BCUT2D eigenvalue weighted by atomic mass is 16.5. The number of hydrogen-bond acceptors (Lipinski definition) is 8. The van der Waals surface area contributed by atoms with Crippen LogP contribution < -0.4 is 15.8 Å². The molecule has 146 valence electrons. The predicted octanol–water partition coefficient (Wildman–Crippen LogP) is 2.95. The highest BCUT2D eigenvalue weighted by molar-refractivity contribution is 5.84. The van der Waals surface area contributed by atoms with Crippen molar-refractivity contribution in [3.05, 3.63) is 42.6 Å². The fourth-order valence-corrected chi connectivity index (χ4v) is 3.57. The highest BCUT2D eigenvalue weighted by Crippen LogP contribution is 2.30. The zero-order valence-electron chi connectivity index (χ0n) is 15.8. The lowest BCUT2D eigenvalue weighted by Gasteiger charge is -2.30. The molecule has 0 amide bonds. The number of aromatic nitrogens is 4. The van der Waals surface area contributed by atoms with Gasteiger partial charge in [0.1, 0.15) is 23.4 Å². The van der Waals surface area contributed by atoms with E-state index >= 15 is 0 Å². The summed E-state index contributed by atoms with van der Waals surface area (Å²) in [5.41, 5.74) is 9.00. The van der Waals surface area contributed by atoms with Gasteiger partial charge in [0.25, 0.3) is 0 Å². The lowest BCUT2D eigenvalue weighted by atomic mass is 9.93. The van der Waals surface area contributed by atoms with Crippen molar-refractivity contribution < 1.29 is 9.47 Å². The molecule has 1 aliphatic carbocycles. The molecular weight excluding hydrogens is 356 g/mol. The van der Waals surface area contributed by atoms with Gasteiger partial charge in [-0.2, -0.15) is 0 Å². The van der Waals surface area contributed by atoms with E-state index in [1.54, 1.807) is 25.8 Å². The first-order chi connectivity index (χ1) is 13.7. The van der Waals surface area contributed by atoms with E-state index in [0.717, 1.165) is 48.2 Å². The summed E-state index contributed by atoms with van der Waals surface area (Å²) in [6, 6.07) is 5.95. The molecule has 4 rings (SSSR count). The fourth-order valence-electron chi connectivity index (χ4n) is 3.57. The van der Waals surface area contributed by atoms with Crippen LogP contribution in [0.5, 0.6) is 5.75 Å². The Bertz CT molecular complexity index is 943. The van der Waals surface area contributed by atoms with Crippen LogP contribution in [0.25, 0.3) is 11.0 Å². The summed E-state index contributed by atoms with van der Waals surface area (Å²) < 4.78 is 11.4. The van der Waals surface area contributed by atoms with Crippen molar-refractivity contribution in [3.8, 4) is 5.75 Å². The SMILES string of the molecule is COCc1cc(NC2CCC(Oc3cc(N)cc4nccnc34)CC2)ncn1. The van der Waals surface area contributed by atoms with Crippen molar-refractivity contribution in [2.24, 2.45) is 0 Å². The number of fused-ring (bicyclic) bond motifs is 1. The van der Waals surface area contributed by atoms with Crippen molar-refractivity contribution in [2.75, 3.05) is 18.2 Å².